The fourth-order valence-corrected chi connectivity index (χ4v) is 5.28. The van der Waals surface area contributed by atoms with E-state index in [9.17, 15) is 14.4 Å². The molecule has 29 heavy (non-hydrogen) atoms. The molecule has 0 N–H and O–H groups in total. The molecule has 0 aliphatic carbocycles. The van der Waals surface area contributed by atoms with E-state index in [0.717, 1.165) is 10.2 Å². The van der Waals surface area contributed by atoms with Gasteiger partial charge in [-0.15, -0.1) is 11.3 Å². The molecule has 2 fully saturated rings. The monoisotopic (exact) mass is 414 g/mol. The van der Waals surface area contributed by atoms with Gasteiger partial charge in [0.05, 0.1) is 10.2 Å². The van der Waals surface area contributed by atoms with Gasteiger partial charge in [-0.05, 0) is 37.8 Å². The van der Waals surface area contributed by atoms with E-state index >= 15 is 0 Å². The summed E-state index contributed by atoms with van der Waals surface area (Å²) in [5.41, 5.74) is 0.00875. The fourth-order valence-electron chi connectivity index (χ4n) is 4.34. The first-order valence-corrected chi connectivity index (χ1v) is 11.0. The highest BCUT2D eigenvalue weighted by Gasteiger charge is 2.57. The summed E-state index contributed by atoms with van der Waals surface area (Å²) in [6, 6.07) is 7.51. The number of rotatable bonds is 4. The van der Waals surface area contributed by atoms with Gasteiger partial charge in [-0.1, -0.05) is 26.0 Å². The molecule has 0 unspecified atom stereocenters. The predicted octanol–water partition coefficient (Wildman–Crippen LogP) is 3.21. The first kappa shape index (κ1) is 19.8. The number of piperidine rings is 1. The van der Waals surface area contributed by atoms with Crippen LogP contribution < -0.4 is 0 Å². The minimum atomic E-state index is -0.818. The average Bonchev–Trinajstić information content (AvgIpc) is 3.22. The van der Waals surface area contributed by atoms with Gasteiger partial charge in [0.2, 0.25) is 0 Å². The van der Waals surface area contributed by atoms with Gasteiger partial charge in [0, 0.05) is 26.2 Å². The van der Waals surface area contributed by atoms with Crippen molar-refractivity contribution in [1.29, 1.82) is 0 Å². The van der Waals surface area contributed by atoms with Gasteiger partial charge in [-0.2, -0.15) is 0 Å². The van der Waals surface area contributed by atoms with Gasteiger partial charge in [0.15, 0.2) is 5.01 Å². The second-order valence-corrected chi connectivity index (χ2v) is 9.18. The van der Waals surface area contributed by atoms with Crippen LogP contribution in [0.5, 0.6) is 0 Å². The van der Waals surface area contributed by atoms with Gasteiger partial charge < -0.3 is 9.80 Å². The van der Waals surface area contributed by atoms with Crippen molar-refractivity contribution >= 4 is 39.4 Å². The Labute approximate surface area is 174 Å². The van der Waals surface area contributed by atoms with E-state index in [1.165, 1.54) is 16.2 Å². The number of fused-ring (bicyclic) bond motifs is 1. The van der Waals surface area contributed by atoms with Crippen LogP contribution in [-0.4, -0.2) is 69.2 Å². The summed E-state index contributed by atoms with van der Waals surface area (Å²) in [6.45, 7) is 7.74. The molecule has 0 radical (unpaired) electrons. The largest absolute Gasteiger partial charge is 0.336 e. The van der Waals surface area contributed by atoms with Crippen LogP contribution in [0.25, 0.3) is 10.2 Å². The summed E-state index contributed by atoms with van der Waals surface area (Å²) in [5.74, 6) is 0.0566. The number of hydrogen-bond donors (Lipinski definition) is 0. The number of benzene rings is 1. The second-order valence-electron chi connectivity index (χ2n) is 8.15. The first-order chi connectivity index (χ1) is 13.9. The van der Waals surface area contributed by atoms with E-state index < -0.39 is 5.54 Å². The summed E-state index contributed by atoms with van der Waals surface area (Å²) in [7, 11) is 0. The molecule has 0 saturated carbocycles. The SMILES string of the molecule is CCN1C(=O)N(CC(C)C)C2(CCN(C(=O)c3nc4ccccc4s3)CC2)C1=O. The number of likely N-dealkylation sites (N-methyl/N-ethyl adjacent to an activating group) is 1. The highest BCUT2D eigenvalue weighted by atomic mass is 32.1. The Hall–Kier alpha value is -2.48. The Kier molecular flexibility index (Phi) is 5.06. The summed E-state index contributed by atoms with van der Waals surface area (Å²) >= 11 is 1.39. The first-order valence-electron chi connectivity index (χ1n) is 10.2. The molecule has 2 aliphatic heterocycles. The smallest absolute Gasteiger partial charge is 0.327 e. The number of thiazole rings is 1. The van der Waals surface area contributed by atoms with Gasteiger partial charge in [-0.25, -0.2) is 9.78 Å². The van der Waals surface area contributed by atoms with Crippen LogP contribution in [-0.2, 0) is 4.79 Å². The van der Waals surface area contributed by atoms with Gasteiger partial charge >= 0.3 is 6.03 Å². The molecule has 2 saturated heterocycles. The fraction of sp³-hybridized carbons (Fsp3) is 0.524. The van der Waals surface area contributed by atoms with Crippen LogP contribution >= 0.6 is 11.3 Å². The number of amides is 4. The number of hydrogen-bond acceptors (Lipinski definition) is 5. The van der Waals surface area contributed by atoms with Crippen LogP contribution in [0.4, 0.5) is 4.79 Å². The zero-order valence-electron chi connectivity index (χ0n) is 17.1. The minimum Gasteiger partial charge on any atom is -0.336 e. The highest BCUT2D eigenvalue weighted by Crippen LogP contribution is 2.38. The van der Waals surface area contributed by atoms with E-state index in [1.807, 2.05) is 45.0 Å². The highest BCUT2D eigenvalue weighted by molar-refractivity contribution is 7.20. The zero-order valence-corrected chi connectivity index (χ0v) is 17.9. The number of nitrogens with zero attached hydrogens (tertiary/aromatic N) is 4. The third-order valence-electron chi connectivity index (χ3n) is 5.84. The zero-order chi connectivity index (χ0) is 20.8. The molecule has 4 rings (SSSR count). The Balaban J connectivity index is 1.54. The van der Waals surface area contributed by atoms with Crippen molar-refractivity contribution in [2.75, 3.05) is 26.2 Å². The summed E-state index contributed by atoms with van der Waals surface area (Å²) in [4.78, 5) is 48.3. The Bertz CT molecular complexity index is 929. The van der Waals surface area contributed by atoms with Crippen LogP contribution in [0.15, 0.2) is 24.3 Å². The summed E-state index contributed by atoms with van der Waals surface area (Å²) in [6.07, 6.45) is 0.939. The lowest BCUT2D eigenvalue weighted by molar-refractivity contribution is -0.135. The maximum Gasteiger partial charge on any atom is 0.327 e. The number of urea groups is 1. The lowest BCUT2D eigenvalue weighted by Gasteiger charge is -2.42. The minimum absolute atomic E-state index is 0.0967. The van der Waals surface area contributed by atoms with E-state index in [1.54, 1.807) is 9.80 Å². The van der Waals surface area contributed by atoms with Gasteiger partial charge in [0.1, 0.15) is 5.54 Å². The molecule has 3 heterocycles. The molecule has 154 valence electrons. The molecular formula is C21H26N4O3S. The van der Waals surface area contributed by atoms with Crippen LogP contribution in [0.3, 0.4) is 0 Å². The van der Waals surface area contributed by atoms with E-state index in [2.05, 4.69) is 4.98 Å². The van der Waals surface area contributed by atoms with Crippen molar-refractivity contribution < 1.29 is 14.4 Å². The molecule has 2 aliphatic rings. The van der Waals surface area contributed by atoms with Crippen molar-refractivity contribution in [3.05, 3.63) is 29.3 Å². The molecule has 0 bridgehead atoms. The van der Waals surface area contributed by atoms with Gasteiger partial charge in [-0.3, -0.25) is 14.5 Å². The second kappa shape index (κ2) is 7.40. The molecule has 1 spiro atoms. The maximum atomic E-state index is 13.1. The van der Waals surface area contributed by atoms with Crippen molar-refractivity contribution in [3.8, 4) is 0 Å². The quantitative estimate of drug-likeness (QED) is 0.720. The summed E-state index contributed by atoms with van der Waals surface area (Å²) < 4.78 is 0.989. The van der Waals surface area contributed by atoms with E-state index in [0.29, 0.717) is 44.0 Å². The Morgan fingerprint density at radius 2 is 1.90 bits per heavy atom. The molecule has 7 nitrogen and oxygen atoms in total. The van der Waals surface area contributed by atoms with Crippen LogP contribution in [0.1, 0.15) is 43.4 Å². The number of carbonyl (C=O) groups is 3. The molecule has 1 aromatic carbocycles. The third-order valence-corrected chi connectivity index (χ3v) is 6.86. The van der Waals surface area contributed by atoms with Crippen LogP contribution in [0.2, 0.25) is 0 Å². The van der Waals surface area contributed by atoms with Crippen molar-refractivity contribution in [2.24, 2.45) is 5.92 Å². The summed E-state index contributed by atoms with van der Waals surface area (Å²) in [5, 5.41) is 0.477. The number of para-hydroxylation sites is 1. The Morgan fingerprint density at radius 3 is 2.52 bits per heavy atom. The normalized spacial score (nSPS) is 19.2. The molecule has 4 amide bonds. The molecular weight excluding hydrogens is 388 g/mol. The standard InChI is InChI=1S/C21H26N4O3S/c1-4-24-19(27)21(25(20(24)28)13-14(2)3)9-11-23(12-10-21)18(26)17-22-15-7-5-6-8-16(15)29-17/h5-8,14H,4,9-13H2,1-3H3. The molecule has 2 aromatic rings. The molecule has 0 atom stereocenters. The topological polar surface area (TPSA) is 73.8 Å². The number of imide groups is 1. The van der Waals surface area contributed by atoms with E-state index in [-0.39, 0.29) is 23.8 Å². The Morgan fingerprint density at radius 1 is 1.21 bits per heavy atom. The predicted molar refractivity (Wildman–Crippen MR) is 112 cm³/mol. The molecule has 1 aromatic heterocycles. The van der Waals surface area contributed by atoms with Crippen molar-refractivity contribution in [3.63, 3.8) is 0 Å². The third kappa shape index (κ3) is 3.19. The lowest BCUT2D eigenvalue weighted by atomic mass is 9.85. The number of aromatic nitrogens is 1. The van der Waals surface area contributed by atoms with Crippen molar-refractivity contribution in [1.82, 2.24) is 19.7 Å². The van der Waals surface area contributed by atoms with E-state index in [4.69, 9.17) is 0 Å². The molecule has 8 heteroatoms. The average molecular weight is 415 g/mol. The van der Waals surface area contributed by atoms with Crippen LogP contribution in [0, 0.1) is 5.92 Å². The maximum absolute atomic E-state index is 13.1. The number of likely N-dealkylation sites (tertiary alicyclic amines) is 1. The van der Waals surface area contributed by atoms with Crippen molar-refractivity contribution in [2.45, 2.75) is 39.2 Å². The number of carbonyl (C=O) groups excluding carboxylic acids is 3. The van der Waals surface area contributed by atoms with Gasteiger partial charge in [0.25, 0.3) is 11.8 Å². The lowest BCUT2D eigenvalue weighted by Crippen LogP contribution is -2.58.